The van der Waals surface area contributed by atoms with Crippen molar-refractivity contribution in [3.8, 4) is 11.5 Å². The van der Waals surface area contributed by atoms with Gasteiger partial charge in [-0.2, -0.15) is 0 Å². The highest BCUT2D eigenvalue weighted by Gasteiger charge is 2.33. The molecule has 0 bridgehead atoms. The van der Waals surface area contributed by atoms with Crippen LogP contribution in [0.25, 0.3) is 6.08 Å². The average Bonchev–Trinajstić information content (AvgIpc) is 3.17. The fourth-order valence-electron chi connectivity index (χ4n) is 4.09. The molecule has 0 N–H and O–H groups in total. The first-order chi connectivity index (χ1) is 17.4. The van der Waals surface area contributed by atoms with Crippen molar-refractivity contribution >= 4 is 23.4 Å². The van der Waals surface area contributed by atoms with Gasteiger partial charge in [-0.25, -0.2) is 9.79 Å². The molecule has 1 aliphatic heterocycles. The summed E-state index contributed by atoms with van der Waals surface area (Å²) in [5, 5.41) is 0. The molecule has 1 aliphatic rings. The molecule has 8 heteroatoms. The first-order valence-electron chi connectivity index (χ1n) is 11.6. The minimum atomic E-state index is -0.677. The molecule has 0 fully saturated rings. The number of ether oxygens (including phenoxy) is 3. The van der Waals surface area contributed by atoms with E-state index in [0.717, 1.165) is 22.4 Å². The molecule has 0 spiro atoms. The second kappa shape index (κ2) is 10.8. The SMILES string of the molecule is C=CCOc1ccc([C@@H]2C(C(=O)OCC)=C(C)N=c3sc(=Cc4ccc(C)c(OC)c4)c(=O)n32)cc1. The van der Waals surface area contributed by atoms with Gasteiger partial charge in [0.05, 0.1) is 35.6 Å². The Labute approximate surface area is 213 Å². The molecule has 4 rings (SSSR count). The van der Waals surface area contributed by atoms with Crippen molar-refractivity contribution in [1.82, 2.24) is 4.57 Å². The zero-order valence-corrected chi connectivity index (χ0v) is 21.6. The zero-order valence-electron chi connectivity index (χ0n) is 20.7. The Bertz CT molecular complexity index is 1510. The minimum Gasteiger partial charge on any atom is -0.496 e. The fourth-order valence-corrected chi connectivity index (χ4v) is 5.13. The van der Waals surface area contributed by atoms with Gasteiger partial charge in [0, 0.05) is 0 Å². The first kappa shape index (κ1) is 25.2. The van der Waals surface area contributed by atoms with Crippen LogP contribution in [0.4, 0.5) is 0 Å². The van der Waals surface area contributed by atoms with Gasteiger partial charge in [-0.15, -0.1) is 0 Å². The number of rotatable bonds is 8. The fraction of sp³-hybridized carbons (Fsp3) is 0.250. The topological polar surface area (TPSA) is 79.1 Å². The van der Waals surface area contributed by atoms with Crippen LogP contribution in [0.2, 0.25) is 0 Å². The average molecular weight is 505 g/mol. The number of allylic oxidation sites excluding steroid dienone is 1. The van der Waals surface area contributed by atoms with E-state index in [1.54, 1.807) is 31.6 Å². The van der Waals surface area contributed by atoms with Crippen LogP contribution in [0, 0.1) is 6.92 Å². The number of nitrogens with zero attached hydrogens (tertiary/aromatic N) is 2. The van der Waals surface area contributed by atoms with Crippen LogP contribution in [-0.4, -0.2) is 30.9 Å². The monoisotopic (exact) mass is 504 g/mol. The van der Waals surface area contributed by atoms with Crippen LogP contribution in [0.5, 0.6) is 11.5 Å². The maximum atomic E-state index is 13.7. The van der Waals surface area contributed by atoms with Gasteiger partial charge < -0.3 is 14.2 Å². The molecular formula is C28H28N2O5S. The zero-order chi connectivity index (χ0) is 25.8. The quantitative estimate of drug-likeness (QED) is 0.345. The summed E-state index contributed by atoms with van der Waals surface area (Å²) in [5.74, 6) is 0.916. The lowest BCUT2D eigenvalue weighted by molar-refractivity contribution is -0.139. The summed E-state index contributed by atoms with van der Waals surface area (Å²) in [5.41, 5.74) is 3.23. The number of hydrogen-bond acceptors (Lipinski definition) is 7. The third-order valence-corrected chi connectivity index (χ3v) is 6.79. The Kier molecular flexibility index (Phi) is 7.55. The third kappa shape index (κ3) is 4.90. The Morgan fingerprint density at radius 3 is 2.61 bits per heavy atom. The van der Waals surface area contributed by atoms with Crippen molar-refractivity contribution in [2.45, 2.75) is 26.8 Å². The van der Waals surface area contributed by atoms with Crippen molar-refractivity contribution in [3.63, 3.8) is 0 Å². The van der Waals surface area contributed by atoms with Crippen LogP contribution >= 0.6 is 11.3 Å². The normalized spacial score (nSPS) is 15.2. The summed E-state index contributed by atoms with van der Waals surface area (Å²) in [7, 11) is 1.62. The lowest BCUT2D eigenvalue weighted by Crippen LogP contribution is -2.39. The Hall–Kier alpha value is -3.91. The molecule has 0 unspecified atom stereocenters. The molecule has 1 aromatic heterocycles. The molecule has 0 saturated carbocycles. The molecule has 2 heterocycles. The number of methoxy groups -OCH3 is 1. The van der Waals surface area contributed by atoms with Gasteiger partial charge in [-0.05, 0) is 61.7 Å². The predicted octanol–water partition coefficient (Wildman–Crippen LogP) is 3.68. The minimum absolute atomic E-state index is 0.219. The Balaban J connectivity index is 1.88. The van der Waals surface area contributed by atoms with E-state index in [1.165, 1.54) is 11.3 Å². The standard InChI is InChI=1S/C28H28N2O5S/c1-6-14-35-21-12-10-20(11-13-21)25-24(27(32)34-7-2)18(4)29-28-30(25)26(31)23(36-28)16-19-9-8-17(3)22(15-19)33-5/h6,8-13,15-16,25H,1,7,14H2,2-5H3/t25-/m1/s1. The highest BCUT2D eigenvalue weighted by molar-refractivity contribution is 7.07. The van der Waals surface area contributed by atoms with Crippen LogP contribution in [0.1, 0.15) is 36.6 Å². The number of benzene rings is 2. The number of carbonyl (C=O) groups excluding carboxylic acids is 1. The second-order valence-corrected chi connectivity index (χ2v) is 9.21. The van der Waals surface area contributed by atoms with E-state index in [0.29, 0.717) is 33.0 Å². The molecule has 3 aromatic rings. The van der Waals surface area contributed by atoms with Gasteiger partial charge >= 0.3 is 5.97 Å². The van der Waals surface area contributed by atoms with Gasteiger partial charge in [-0.1, -0.05) is 48.3 Å². The summed E-state index contributed by atoms with van der Waals surface area (Å²) >= 11 is 1.28. The van der Waals surface area contributed by atoms with E-state index < -0.39 is 12.0 Å². The van der Waals surface area contributed by atoms with Crippen LogP contribution in [-0.2, 0) is 9.53 Å². The number of thiazole rings is 1. The van der Waals surface area contributed by atoms with E-state index >= 15 is 0 Å². The smallest absolute Gasteiger partial charge is 0.338 e. The molecule has 0 aliphatic carbocycles. The molecule has 1 atom stereocenters. The van der Waals surface area contributed by atoms with Crippen LogP contribution in [0.3, 0.4) is 0 Å². The summed E-state index contributed by atoms with van der Waals surface area (Å²) in [4.78, 5) is 31.9. The Morgan fingerprint density at radius 1 is 1.19 bits per heavy atom. The lowest BCUT2D eigenvalue weighted by Gasteiger charge is -2.24. The Morgan fingerprint density at radius 2 is 1.94 bits per heavy atom. The highest BCUT2D eigenvalue weighted by atomic mass is 32.1. The maximum absolute atomic E-state index is 13.7. The molecule has 2 aromatic carbocycles. The van der Waals surface area contributed by atoms with Gasteiger partial charge in [0.25, 0.3) is 5.56 Å². The number of hydrogen-bond donors (Lipinski definition) is 0. The van der Waals surface area contributed by atoms with Crippen molar-refractivity contribution in [2.24, 2.45) is 4.99 Å². The van der Waals surface area contributed by atoms with Gasteiger partial charge in [-0.3, -0.25) is 9.36 Å². The molecular weight excluding hydrogens is 476 g/mol. The van der Waals surface area contributed by atoms with E-state index in [9.17, 15) is 9.59 Å². The summed E-state index contributed by atoms with van der Waals surface area (Å²) in [6.07, 6.45) is 3.48. The molecule has 186 valence electrons. The molecule has 0 saturated heterocycles. The number of aryl methyl sites for hydroxylation is 1. The number of carbonyl (C=O) groups is 1. The highest BCUT2D eigenvalue weighted by Crippen LogP contribution is 2.31. The third-order valence-electron chi connectivity index (χ3n) is 5.81. The van der Waals surface area contributed by atoms with Crippen LogP contribution < -0.4 is 24.4 Å². The molecule has 7 nitrogen and oxygen atoms in total. The van der Waals surface area contributed by atoms with Crippen LogP contribution in [0.15, 0.2) is 76.2 Å². The van der Waals surface area contributed by atoms with E-state index in [2.05, 4.69) is 11.6 Å². The van der Waals surface area contributed by atoms with Gasteiger partial charge in [0.15, 0.2) is 4.80 Å². The van der Waals surface area contributed by atoms with E-state index in [1.807, 2.05) is 55.5 Å². The summed E-state index contributed by atoms with van der Waals surface area (Å²) < 4.78 is 18.5. The number of fused-ring (bicyclic) bond motifs is 1. The molecule has 0 amide bonds. The van der Waals surface area contributed by atoms with E-state index in [-0.39, 0.29) is 12.2 Å². The lowest BCUT2D eigenvalue weighted by atomic mass is 9.96. The van der Waals surface area contributed by atoms with Crippen molar-refractivity contribution in [2.75, 3.05) is 20.3 Å². The molecule has 0 radical (unpaired) electrons. The van der Waals surface area contributed by atoms with Gasteiger partial charge in [0.2, 0.25) is 0 Å². The number of esters is 1. The van der Waals surface area contributed by atoms with E-state index in [4.69, 9.17) is 14.2 Å². The van der Waals surface area contributed by atoms with Crippen molar-refractivity contribution < 1.29 is 19.0 Å². The van der Waals surface area contributed by atoms with Gasteiger partial charge in [0.1, 0.15) is 18.1 Å². The first-order valence-corrected chi connectivity index (χ1v) is 12.4. The number of aromatic nitrogens is 1. The summed E-state index contributed by atoms with van der Waals surface area (Å²) in [6.45, 7) is 9.74. The largest absolute Gasteiger partial charge is 0.496 e. The predicted molar refractivity (Wildman–Crippen MR) is 140 cm³/mol. The maximum Gasteiger partial charge on any atom is 0.338 e. The molecule has 36 heavy (non-hydrogen) atoms. The second-order valence-electron chi connectivity index (χ2n) is 8.20. The summed E-state index contributed by atoms with van der Waals surface area (Å²) in [6, 6.07) is 12.4. The van der Waals surface area contributed by atoms with Crippen molar-refractivity contribution in [1.29, 1.82) is 0 Å². The van der Waals surface area contributed by atoms with Crippen molar-refractivity contribution in [3.05, 3.63) is 103 Å².